The lowest BCUT2D eigenvalue weighted by Gasteiger charge is -2.36. The molecule has 5 nitrogen and oxygen atoms in total. The molecule has 2 aliphatic heterocycles. The van der Waals surface area contributed by atoms with E-state index in [4.69, 9.17) is 0 Å². The molecule has 1 unspecified atom stereocenters. The Morgan fingerprint density at radius 1 is 0.889 bits per heavy atom. The third-order valence-electron chi connectivity index (χ3n) is 4.06. The standard InChI is InChI=1S/C13H28N4O/c1-2-15-7-9-17(10-8-15)12-13(18)11-16-5-3-14-4-6-16/h13-14,18H,2-12H2,1H3. The molecule has 2 N–H and O–H groups in total. The lowest BCUT2D eigenvalue weighted by molar-refractivity contribution is 0.0489. The minimum Gasteiger partial charge on any atom is -0.390 e. The molecule has 0 aliphatic carbocycles. The van der Waals surface area contributed by atoms with Crippen LogP contribution in [-0.4, -0.2) is 97.9 Å². The summed E-state index contributed by atoms with van der Waals surface area (Å²) >= 11 is 0. The lowest BCUT2D eigenvalue weighted by Crippen LogP contribution is -2.51. The smallest absolute Gasteiger partial charge is 0.0793 e. The molecule has 2 fully saturated rings. The fourth-order valence-electron chi connectivity index (χ4n) is 2.84. The van der Waals surface area contributed by atoms with Gasteiger partial charge >= 0.3 is 0 Å². The average molecular weight is 256 g/mol. The van der Waals surface area contributed by atoms with Crippen LogP contribution >= 0.6 is 0 Å². The van der Waals surface area contributed by atoms with Crippen molar-refractivity contribution in [2.24, 2.45) is 0 Å². The predicted molar refractivity (Wildman–Crippen MR) is 73.9 cm³/mol. The highest BCUT2D eigenvalue weighted by Crippen LogP contribution is 2.03. The van der Waals surface area contributed by atoms with Crippen molar-refractivity contribution < 1.29 is 5.11 Å². The zero-order chi connectivity index (χ0) is 12.8. The van der Waals surface area contributed by atoms with Gasteiger partial charge in [-0.3, -0.25) is 9.80 Å². The summed E-state index contributed by atoms with van der Waals surface area (Å²) in [6, 6.07) is 0. The third kappa shape index (κ3) is 4.48. The second-order valence-corrected chi connectivity index (χ2v) is 5.44. The first-order valence-corrected chi connectivity index (χ1v) is 7.33. The Kier molecular flexibility index (Phi) is 5.85. The maximum Gasteiger partial charge on any atom is 0.0793 e. The summed E-state index contributed by atoms with van der Waals surface area (Å²) in [5, 5.41) is 13.5. The molecule has 0 aromatic rings. The number of nitrogens with zero attached hydrogens (tertiary/aromatic N) is 3. The highest BCUT2D eigenvalue weighted by atomic mass is 16.3. The number of β-amino-alcohol motifs (C(OH)–C–C–N with tert-alkyl or cyclic N) is 1. The summed E-state index contributed by atoms with van der Waals surface area (Å²) in [7, 11) is 0. The fourth-order valence-corrected chi connectivity index (χ4v) is 2.84. The molecule has 0 aromatic heterocycles. The molecule has 2 rings (SSSR count). The summed E-state index contributed by atoms with van der Waals surface area (Å²) < 4.78 is 0. The highest BCUT2D eigenvalue weighted by molar-refractivity contribution is 4.76. The minimum absolute atomic E-state index is 0.198. The first-order chi connectivity index (χ1) is 8.78. The van der Waals surface area contributed by atoms with Crippen LogP contribution in [0.25, 0.3) is 0 Å². The molecule has 2 aliphatic rings. The van der Waals surface area contributed by atoms with E-state index >= 15 is 0 Å². The van der Waals surface area contributed by atoms with Crippen LogP contribution in [0.5, 0.6) is 0 Å². The third-order valence-corrected chi connectivity index (χ3v) is 4.06. The van der Waals surface area contributed by atoms with Crippen molar-refractivity contribution in [1.29, 1.82) is 0 Å². The molecule has 0 aromatic carbocycles. The predicted octanol–water partition coefficient (Wildman–Crippen LogP) is -1.11. The number of aliphatic hydroxyl groups is 1. The molecular weight excluding hydrogens is 228 g/mol. The summed E-state index contributed by atoms with van der Waals surface area (Å²) in [6.07, 6.45) is -0.198. The molecule has 2 heterocycles. The Morgan fingerprint density at radius 2 is 1.39 bits per heavy atom. The number of rotatable bonds is 5. The van der Waals surface area contributed by atoms with Gasteiger partial charge < -0.3 is 15.3 Å². The van der Waals surface area contributed by atoms with Crippen molar-refractivity contribution >= 4 is 0 Å². The molecule has 106 valence electrons. The SMILES string of the molecule is CCN1CCN(CC(O)CN2CCNCC2)CC1. The van der Waals surface area contributed by atoms with E-state index in [1.807, 2.05) is 0 Å². The molecule has 2 saturated heterocycles. The van der Waals surface area contributed by atoms with Crippen LogP contribution in [0.4, 0.5) is 0 Å². The maximum absolute atomic E-state index is 10.2. The van der Waals surface area contributed by atoms with Gasteiger partial charge in [0, 0.05) is 65.4 Å². The van der Waals surface area contributed by atoms with E-state index in [0.29, 0.717) is 0 Å². The van der Waals surface area contributed by atoms with Crippen LogP contribution in [-0.2, 0) is 0 Å². The Bertz CT molecular complexity index is 225. The van der Waals surface area contributed by atoms with Crippen LogP contribution < -0.4 is 5.32 Å². The molecule has 18 heavy (non-hydrogen) atoms. The van der Waals surface area contributed by atoms with E-state index in [9.17, 15) is 5.11 Å². The fraction of sp³-hybridized carbons (Fsp3) is 1.00. The monoisotopic (exact) mass is 256 g/mol. The average Bonchev–Trinajstić information content (AvgIpc) is 2.40. The normalized spacial score (nSPS) is 26.3. The van der Waals surface area contributed by atoms with Crippen molar-refractivity contribution in [2.75, 3.05) is 72.0 Å². The van der Waals surface area contributed by atoms with Crippen LogP contribution in [0.2, 0.25) is 0 Å². The molecule has 0 radical (unpaired) electrons. The van der Waals surface area contributed by atoms with Gasteiger partial charge in [-0.25, -0.2) is 0 Å². The zero-order valence-electron chi connectivity index (χ0n) is 11.6. The van der Waals surface area contributed by atoms with Crippen LogP contribution in [0, 0.1) is 0 Å². The van der Waals surface area contributed by atoms with Gasteiger partial charge in [0.05, 0.1) is 6.10 Å². The molecular formula is C13H28N4O. The number of nitrogens with one attached hydrogen (secondary N) is 1. The van der Waals surface area contributed by atoms with Crippen molar-refractivity contribution in [2.45, 2.75) is 13.0 Å². The lowest BCUT2D eigenvalue weighted by atomic mass is 10.2. The minimum atomic E-state index is -0.198. The molecule has 0 saturated carbocycles. The van der Waals surface area contributed by atoms with Gasteiger partial charge in [0.25, 0.3) is 0 Å². The topological polar surface area (TPSA) is 42.0 Å². The second kappa shape index (κ2) is 7.40. The Hall–Kier alpha value is -0.200. The Balaban J connectivity index is 1.63. The highest BCUT2D eigenvalue weighted by Gasteiger charge is 2.20. The summed E-state index contributed by atoms with van der Waals surface area (Å²) in [4.78, 5) is 7.24. The van der Waals surface area contributed by atoms with Gasteiger partial charge in [-0.15, -0.1) is 0 Å². The van der Waals surface area contributed by atoms with E-state index in [2.05, 4.69) is 26.9 Å². The Morgan fingerprint density at radius 3 is 1.94 bits per heavy atom. The van der Waals surface area contributed by atoms with E-state index in [1.165, 1.54) is 0 Å². The van der Waals surface area contributed by atoms with Crippen molar-refractivity contribution in [3.63, 3.8) is 0 Å². The van der Waals surface area contributed by atoms with Crippen molar-refractivity contribution in [3.8, 4) is 0 Å². The first kappa shape index (κ1) is 14.2. The van der Waals surface area contributed by atoms with Crippen LogP contribution in [0.1, 0.15) is 6.92 Å². The largest absolute Gasteiger partial charge is 0.390 e. The number of aliphatic hydroxyl groups excluding tert-OH is 1. The number of piperazine rings is 2. The van der Waals surface area contributed by atoms with Gasteiger partial charge in [0.2, 0.25) is 0 Å². The van der Waals surface area contributed by atoms with Gasteiger partial charge in [-0.05, 0) is 6.54 Å². The summed E-state index contributed by atoms with van der Waals surface area (Å²) in [5.74, 6) is 0. The van der Waals surface area contributed by atoms with Crippen molar-refractivity contribution in [3.05, 3.63) is 0 Å². The molecule has 5 heteroatoms. The zero-order valence-corrected chi connectivity index (χ0v) is 11.6. The quantitative estimate of drug-likeness (QED) is 0.653. The van der Waals surface area contributed by atoms with E-state index in [-0.39, 0.29) is 6.10 Å². The van der Waals surface area contributed by atoms with Gasteiger partial charge in [-0.1, -0.05) is 6.92 Å². The van der Waals surface area contributed by atoms with Gasteiger partial charge in [-0.2, -0.15) is 0 Å². The van der Waals surface area contributed by atoms with Crippen LogP contribution in [0.3, 0.4) is 0 Å². The maximum atomic E-state index is 10.2. The molecule has 1 atom stereocenters. The van der Waals surface area contributed by atoms with Gasteiger partial charge in [0.1, 0.15) is 0 Å². The van der Waals surface area contributed by atoms with E-state index < -0.39 is 0 Å². The number of likely N-dealkylation sites (N-methyl/N-ethyl adjacent to an activating group) is 1. The van der Waals surface area contributed by atoms with Crippen molar-refractivity contribution in [1.82, 2.24) is 20.0 Å². The van der Waals surface area contributed by atoms with E-state index in [0.717, 1.165) is 72.0 Å². The van der Waals surface area contributed by atoms with E-state index in [1.54, 1.807) is 0 Å². The second-order valence-electron chi connectivity index (χ2n) is 5.44. The molecule has 0 spiro atoms. The Labute approximate surface area is 111 Å². The van der Waals surface area contributed by atoms with Gasteiger partial charge in [0.15, 0.2) is 0 Å². The molecule has 0 amide bonds. The number of hydrogen-bond acceptors (Lipinski definition) is 5. The van der Waals surface area contributed by atoms with Crippen LogP contribution in [0.15, 0.2) is 0 Å². The molecule has 0 bridgehead atoms. The summed E-state index contributed by atoms with van der Waals surface area (Å²) in [5.41, 5.74) is 0. The summed E-state index contributed by atoms with van der Waals surface area (Å²) in [6.45, 7) is 13.8. The number of hydrogen-bond donors (Lipinski definition) is 2. The first-order valence-electron chi connectivity index (χ1n) is 7.33.